The lowest BCUT2D eigenvalue weighted by atomic mass is 9.99. The predicted molar refractivity (Wildman–Crippen MR) is 266 cm³/mol. The summed E-state index contributed by atoms with van der Waals surface area (Å²) in [5, 5.41) is 9.04. The molecular weight excluding hydrogens is 813 g/mol. The van der Waals surface area contributed by atoms with E-state index in [1.807, 2.05) is 6.07 Å². The summed E-state index contributed by atoms with van der Waals surface area (Å²) < 4.78 is 14.4. The molecular formula is C58H42N2O2Si2. The summed E-state index contributed by atoms with van der Waals surface area (Å²) >= 11 is 0. The highest BCUT2D eigenvalue weighted by atomic mass is 28.3. The van der Waals surface area contributed by atoms with Crippen LogP contribution in [0, 0.1) is 0 Å². The number of hydrogen-bond acceptors (Lipinski definition) is 4. The zero-order valence-electron chi connectivity index (χ0n) is 35.0. The first-order chi connectivity index (χ1) is 31.7. The van der Waals surface area contributed by atoms with E-state index >= 15 is 0 Å². The molecule has 0 spiro atoms. The smallest absolute Gasteiger partial charge is 0.188 e. The van der Waals surface area contributed by atoms with E-state index in [1.165, 1.54) is 36.3 Å². The van der Waals surface area contributed by atoms with E-state index < -0.39 is 16.1 Å². The molecule has 1 aromatic heterocycles. The molecule has 0 fully saturated rings. The average Bonchev–Trinajstić information content (AvgIpc) is 3.38. The van der Waals surface area contributed by atoms with Crippen molar-refractivity contribution in [3.63, 3.8) is 0 Å². The molecule has 3 aliphatic rings. The van der Waals surface area contributed by atoms with Gasteiger partial charge in [0.25, 0.3) is 0 Å². The summed E-state index contributed by atoms with van der Waals surface area (Å²) in [5.74, 6) is 4.22. The van der Waals surface area contributed by atoms with Crippen molar-refractivity contribution < 1.29 is 9.47 Å². The Morgan fingerprint density at radius 1 is 0.438 bits per heavy atom. The number of hydrogen-bond donors (Lipinski definition) is 0. The van der Waals surface area contributed by atoms with Crippen LogP contribution in [0.1, 0.15) is 12.1 Å². The van der Waals surface area contributed by atoms with Crippen LogP contribution < -0.4 is 45.8 Å². The molecule has 304 valence electrons. The normalized spacial score (nSPS) is 16.3. The molecule has 1 aliphatic carbocycles. The van der Waals surface area contributed by atoms with Crippen LogP contribution in [0.15, 0.2) is 242 Å². The zero-order chi connectivity index (χ0) is 42.5. The Morgan fingerprint density at radius 3 is 1.56 bits per heavy atom. The Labute approximate surface area is 375 Å². The Morgan fingerprint density at radius 2 is 0.938 bits per heavy atom. The third-order valence-corrected chi connectivity index (χ3v) is 23.5. The summed E-state index contributed by atoms with van der Waals surface area (Å²) in [6.45, 7) is 0. The van der Waals surface area contributed by atoms with Crippen LogP contribution in [0.4, 0.5) is 0 Å². The van der Waals surface area contributed by atoms with Gasteiger partial charge < -0.3 is 9.47 Å². The predicted octanol–water partition coefficient (Wildman–Crippen LogP) is 8.90. The van der Waals surface area contributed by atoms with Gasteiger partial charge in [0, 0.05) is 22.2 Å². The monoisotopic (exact) mass is 854 g/mol. The molecule has 0 N–H and O–H groups in total. The molecule has 0 amide bonds. The maximum atomic E-state index is 7.23. The van der Waals surface area contributed by atoms with E-state index in [1.54, 1.807) is 0 Å². The third-order valence-electron chi connectivity index (χ3n) is 13.4. The van der Waals surface area contributed by atoms with Gasteiger partial charge in [-0.15, -0.1) is 0 Å². The van der Waals surface area contributed by atoms with Crippen LogP contribution in [0.25, 0.3) is 28.2 Å². The Bertz CT molecular complexity index is 3170. The first-order valence-corrected chi connectivity index (χ1v) is 26.1. The van der Waals surface area contributed by atoms with Crippen molar-refractivity contribution in [1.29, 1.82) is 0 Å². The van der Waals surface area contributed by atoms with E-state index in [0.29, 0.717) is 5.82 Å². The largest absolute Gasteiger partial charge is 0.461 e. The number of para-hydroxylation sites is 3. The number of nitrogens with zero attached hydrogens (tertiary/aromatic N) is 2. The number of allylic oxidation sites excluding steroid dienone is 4. The highest BCUT2D eigenvalue weighted by Gasteiger charge is 2.54. The van der Waals surface area contributed by atoms with Crippen molar-refractivity contribution >= 4 is 58.0 Å². The quantitative estimate of drug-likeness (QED) is 0.150. The summed E-state index contributed by atoms with van der Waals surface area (Å²) in [5.41, 5.74) is 4.51. The minimum Gasteiger partial charge on any atom is -0.461 e. The molecule has 9 aromatic rings. The van der Waals surface area contributed by atoms with Gasteiger partial charge in [0.15, 0.2) is 22.0 Å². The first kappa shape index (κ1) is 38.1. The molecule has 8 aromatic carbocycles. The Hall–Kier alpha value is -7.65. The van der Waals surface area contributed by atoms with Gasteiger partial charge in [-0.1, -0.05) is 212 Å². The van der Waals surface area contributed by atoms with Gasteiger partial charge in [0.2, 0.25) is 0 Å². The molecule has 12 rings (SSSR count). The number of fused-ring (bicyclic) bond motifs is 4. The fraction of sp³-hybridized carbons (Fsp3) is 0.0345. The maximum Gasteiger partial charge on any atom is 0.188 e. The molecule has 0 radical (unpaired) electrons. The van der Waals surface area contributed by atoms with Gasteiger partial charge in [-0.3, -0.25) is 0 Å². The highest BCUT2D eigenvalue weighted by Crippen LogP contribution is 2.47. The van der Waals surface area contributed by atoms with Gasteiger partial charge in [-0.2, -0.15) is 0 Å². The van der Waals surface area contributed by atoms with E-state index in [2.05, 4.69) is 231 Å². The van der Waals surface area contributed by atoms with Crippen molar-refractivity contribution in [2.24, 2.45) is 0 Å². The van der Waals surface area contributed by atoms with Crippen LogP contribution in [0.3, 0.4) is 0 Å². The first-order valence-electron chi connectivity index (χ1n) is 22.0. The summed E-state index contributed by atoms with van der Waals surface area (Å²) in [6, 6.07) is 80.8. The van der Waals surface area contributed by atoms with Crippen LogP contribution in [-0.2, 0) is 0 Å². The second kappa shape index (κ2) is 15.6. The average molecular weight is 855 g/mol. The lowest BCUT2D eigenvalue weighted by Gasteiger charge is -2.46. The molecule has 3 heterocycles. The van der Waals surface area contributed by atoms with Gasteiger partial charge in [0.1, 0.15) is 23.0 Å². The standard InChI is InChI=1S/C58H42N2O2Si2/c1-6-22-41(23-7-1)58-59-48(46-32-20-38-54-56(46)61-50-34-16-18-36-52(50)63(54,42-24-8-2-9-25-42)43-26-10-3-11-27-43)40-49(60-58)47-33-21-39-55-57(47)62-51-35-17-19-37-53(51)64(55,44-28-12-4-13-29-44)45-30-14-5-15-31-45/h1-38,40,55H,39H2. The van der Waals surface area contributed by atoms with Crippen molar-refractivity contribution in [3.8, 4) is 39.9 Å². The Balaban J connectivity index is 1.12. The molecule has 1 unspecified atom stereocenters. The van der Waals surface area contributed by atoms with Crippen molar-refractivity contribution in [3.05, 3.63) is 248 Å². The molecule has 64 heavy (non-hydrogen) atoms. The highest BCUT2D eigenvalue weighted by molar-refractivity contribution is 7.21. The molecule has 0 saturated carbocycles. The van der Waals surface area contributed by atoms with E-state index in [9.17, 15) is 0 Å². The van der Waals surface area contributed by atoms with Gasteiger partial charge in [-0.25, -0.2) is 9.97 Å². The van der Waals surface area contributed by atoms with Crippen molar-refractivity contribution in [2.75, 3.05) is 0 Å². The second-order valence-corrected chi connectivity index (χ2v) is 24.4. The van der Waals surface area contributed by atoms with Crippen molar-refractivity contribution in [1.82, 2.24) is 9.97 Å². The zero-order valence-corrected chi connectivity index (χ0v) is 37.0. The minimum absolute atomic E-state index is 0.0680. The van der Waals surface area contributed by atoms with Crippen LogP contribution in [0.2, 0.25) is 5.54 Å². The van der Waals surface area contributed by atoms with Crippen molar-refractivity contribution in [2.45, 2.75) is 12.0 Å². The van der Waals surface area contributed by atoms with Crippen LogP contribution >= 0.6 is 0 Å². The number of benzene rings is 8. The fourth-order valence-corrected chi connectivity index (χ4v) is 21.3. The van der Waals surface area contributed by atoms with Gasteiger partial charge >= 0.3 is 0 Å². The molecule has 4 nitrogen and oxygen atoms in total. The SMILES string of the molecule is C1=CC(c2cc(-c3cccc4c3Oc3ccccc3[Si]4(c3ccccc3)c3ccccc3)nc(-c3ccccc3)n2)=C2Oc3ccccc3[Si](c3ccccc3)(c3ccccc3)C2C1. The lowest BCUT2D eigenvalue weighted by Crippen LogP contribution is -2.76. The summed E-state index contributed by atoms with van der Waals surface area (Å²) in [6.07, 6.45) is 5.41. The fourth-order valence-electron chi connectivity index (χ4n) is 10.7. The van der Waals surface area contributed by atoms with E-state index in [4.69, 9.17) is 19.4 Å². The number of aromatic nitrogens is 2. The van der Waals surface area contributed by atoms with Crippen LogP contribution in [-0.4, -0.2) is 26.1 Å². The minimum atomic E-state index is -2.91. The number of ether oxygens (including phenoxy) is 2. The van der Waals surface area contributed by atoms with Gasteiger partial charge in [0.05, 0.1) is 11.4 Å². The van der Waals surface area contributed by atoms with E-state index in [-0.39, 0.29) is 5.54 Å². The second-order valence-electron chi connectivity index (χ2n) is 16.7. The molecule has 0 bridgehead atoms. The molecule has 0 saturated heterocycles. The summed E-state index contributed by atoms with van der Waals surface area (Å²) in [7, 11) is -5.68. The molecule has 1 atom stereocenters. The number of rotatable bonds is 7. The molecule has 2 aliphatic heterocycles. The molecule has 6 heteroatoms. The van der Waals surface area contributed by atoms with E-state index in [0.717, 1.165) is 57.5 Å². The van der Waals surface area contributed by atoms with Gasteiger partial charge in [-0.05, 0) is 67.0 Å². The van der Waals surface area contributed by atoms with Crippen LogP contribution in [0.5, 0.6) is 17.2 Å². The maximum absolute atomic E-state index is 7.23. The Kier molecular flexibility index (Phi) is 9.28. The third kappa shape index (κ3) is 5.87. The topological polar surface area (TPSA) is 44.2 Å². The lowest BCUT2D eigenvalue weighted by molar-refractivity contribution is 0.399. The summed E-state index contributed by atoms with van der Waals surface area (Å²) in [4.78, 5) is 10.9.